The molecule has 0 aromatic heterocycles. The maximum atomic E-state index is 12.5. The molecule has 2 aromatic rings. The number of carbonyl (C=O) groups is 1. The molecule has 0 aliphatic carbocycles. The Hall–Kier alpha value is -2.49. The van der Waals surface area contributed by atoms with Crippen LogP contribution in [-0.4, -0.2) is 18.6 Å². The SMILES string of the molecule is CCC(Oc1ccc(C)cc1)C(=O)Nc1cccc(OCC(C)C)c1. The first-order chi connectivity index (χ1) is 12.0. The predicted molar refractivity (Wildman–Crippen MR) is 101 cm³/mol. The maximum Gasteiger partial charge on any atom is 0.265 e. The highest BCUT2D eigenvalue weighted by Gasteiger charge is 2.18. The van der Waals surface area contributed by atoms with Crippen LogP contribution in [0.2, 0.25) is 0 Å². The molecule has 0 saturated carbocycles. The summed E-state index contributed by atoms with van der Waals surface area (Å²) in [6, 6.07) is 15.1. The Kier molecular flexibility index (Phi) is 6.87. The van der Waals surface area contributed by atoms with Crippen LogP contribution in [0, 0.1) is 12.8 Å². The molecule has 1 atom stereocenters. The van der Waals surface area contributed by atoms with Crippen molar-refractivity contribution in [2.24, 2.45) is 5.92 Å². The molecule has 1 amide bonds. The minimum atomic E-state index is -0.539. The molecule has 1 unspecified atom stereocenters. The molecule has 0 aliphatic heterocycles. The lowest BCUT2D eigenvalue weighted by atomic mass is 10.2. The molecule has 0 spiro atoms. The van der Waals surface area contributed by atoms with E-state index in [1.807, 2.05) is 62.4 Å². The van der Waals surface area contributed by atoms with Gasteiger partial charge in [0.05, 0.1) is 6.61 Å². The summed E-state index contributed by atoms with van der Waals surface area (Å²) in [6.45, 7) is 8.79. The summed E-state index contributed by atoms with van der Waals surface area (Å²) >= 11 is 0. The second-order valence-electron chi connectivity index (χ2n) is 6.55. The first-order valence-corrected chi connectivity index (χ1v) is 8.75. The van der Waals surface area contributed by atoms with Crippen LogP contribution < -0.4 is 14.8 Å². The van der Waals surface area contributed by atoms with Gasteiger partial charge in [-0.25, -0.2) is 0 Å². The number of amides is 1. The fourth-order valence-corrected chi connectivity index (χ4v) is 2.25. The second-order valence-corrected chi connectivity index (χ2v) is 6.55. The van der Waals surface area contributed by atoms with E-state index >= 15 is 0 Å². The van der Waals surface area contributed by atoms with Crippen molar-refractivity contribution < 1.29 is 14.3 Å². The fourth-order valence-electron chi connectivity index (χ4n) is 2.25. The van der Waals surface area contributed by atoms with Crippen molar-refractivity contribution in [2.45, 2.75) is 40.2 Å². The first kappa shape index (κ1) is 18.8. The number of hydrogen-bond acceptors (Lipinski definition) is 3. The fraction of sp³-hybridized carbons (Fsp3) is 0.381. The molecule has 25 heavy (non-hydrogen) atoms. The summed E-state index contributed by atoms with van der Waals surface area (Å²) in [7, 11) is 0. The van der Waals surface area contributed by atoms with E-state index in [9.17, 15) is 4.79 Å². The average molecular weight is 341 g/mol. The Labute approximate surface area is 150 Å². The van der Waals surface area contributed by atoms with Crippen LogP contribution in [0.3, 0.4) is 0 Å². The Morgan fingerprint density at radius 2 is 1.80 bits per heavy atom. The van der Waals surface area contributed by atoms with E-state index in [1.165, 1.54) is 0 Å². The summed E-state index contributed by atoms with van der Waals surface area (Å²) in [5.41, 5.74) is 1.86. The zero-order chi connectivity index (χ0) is 18.2. The Bertz CT molecular complexity index is 680. The van der Waals surface area contributed by atoms with Gasteiger partial charge in [0.25, 0.3) is 5.91 Å². The summed E-state index contributed by atoms with van der Waals surface area (Å²) in [6.07, 6.45) is 0.0476. The van der Waals surface area contributed by atoms with Gasteiger partial charge >= 0.3 is 0 Å². The highest BCUT2D eigenvalue weighted by molar-refractivity contribution is 5.94. The number of anilines is 1. The number of aryl methyl sites for hydroxylation is 1. The smallest absolute Gasteiger partial charge is 0.265 e. The third-order valence-corrected chi connectivity index (χ3v) is 3.65. The lowest BCUT2D eigenvalue weighted by molar-refractivity contribution is -0.122. The van der Waals surface area contributed by atoms with E-state index in [2.05, 4.69) is 19.2 Å². The van der Waals surface area contributed by atoms with Gasteiger partial charge in [0.2, 0.25) is 0 Å². The van der Waals surface area contributed by atoms with Gasteiger partial charge in [0.15, 0.2) is 6.10 Å². The molecule has 0 saturated heterocycles. The van der Waals surface area contributed by atoms with E-state index < -0.39 is 6.10 Å². The van der Waals surface area contributed by atoms with Crippen molar-refractivity contribution in [2.75, 3.05) is 11.9 Å². The summed E-state index contributed by atoms with van der Waals surface area (Å²) in [5, 5.41) is 2.91. The van der Waals surface area contributed by atoms with Crippen LogP contribution in [0.5, 0.6) is 11.5 Å². The van der Waals surface area contributed by atoms with E-state index in [1.54, 1.807) is 0 Å². The molecule has 2 aromatic carbocycles. The van der Waals surface area contributed by atoms with E-state index in [0.717, 1.165) is 11.3 Å². The van der Waals surface area contributed by atoms with Crippen molar-refractivity contribution in [1.29, 1.82) is 0 Å². The molecule has 1 N–H and O–H groups in total. The summed E-state index contributed by atoms with van der Waals surface area (Å²) in [4.78, 5) is 12.5. The molecule has 2 rings (SSSR count). The van der Waals surface area contributed by atoms with E-state index in [4.69, 9.17) is 9.47 Å². The topological polar surface area (TPSA) is 47.6 Å². The molecule has 0 radical (unpaired) electrons. The quantitative estimate of drug-likeness (QED) is 0.748. The molecular weight excluding hydrogens is 314 g/mol. The van der Waals surface area contributed by atoms with Crippen LogP contribution in [0.15, 0.2) is 48.5 Å². The van der Waals surface area contributed by atoms with Crippen LogP contribution >= 0.6 is 0 Å². The van der Waals surface area contributed by atoms with Gasteiger partial charge in [0.1, 0.15) is 11.5 Å². The molecular formula is C21H27NO3. The van der Waals surface area contributed by atoms with Gasteiger partial charge in [0, 0.05) is 11.8 Å². The van der Waals surface area contributed by atoms with Gasteiger partial charge in [-0.15, -0.1) is 0 Å². The lowest BCUT2D eigenvalue weighted by Gasteiger charge is -2.18. The normalized spacial score (nSPS) is 11.9. The number of benzene rings is 2. The van der Waals surface area contributed by atoms with Gasteiger partial charge < -0.3 is 14.8 Å². The van der Waals surface area contributed by atoms with Gasteiger partial charge in [-0.1, -0.05) is 44.5 Å². The number of nitrogens with one attached hydrogen (secondary N) is 1. The molecule has 4 nitrogen and oxygen atoms in total. The van der Waals surface area contributed by atoms with Gasteiger partial charge in [-0.2, -0.15) is 0 Å². The molecule has 0 aliphatic rings. The highest BCUT2D eigenvalue weighted by atomic mass is 16.5. The maximum absolute atomic E-state index is 12.5. The summed E-state index contributed by atoms with van der Waals surface area (Å²) in [5.74, 6) is 1.73. The zero-order valence-electron chi connectivity index (χ0n) is 15.4. The second kappa shape index (κ2) is 9.11. The van der Waals surface area contributed by atoms with Crippen LogP contribution in [-0.2, 0) is 4.79 Å². The first-order valence-electron chi connectivity index (χ1n) is 8.75. The Morgan fingerprint density at radius 1 is 1.08 bits per heavy atom. The Balaban J connectivity index is 1.98. The van der Waals surface area contributed by atoms with Crippen LogP contribution in [0.25, 0.3) is 0 Å². The molecule has 4 heteroatoms. The molecule has 0 fully saturated rings. The predicted octanol–water partition coefficient (Wildman–Crippen LogP) is 4.83. The third-order valence-electron chi connectivity index (χ3n) is 3.65. The number of rotatable bonds is 8. The highest BCUT2D eigenvalue weighted by Crippen LogP contribution is 2.20. The van der Waals surface area contributed by atoms with Crippen molar-refractivity contribution >= 4 is 11.6 Å². The molecule has 134 valence electrons. The van der Waals surface area contributed by atoms with Gasteiger partial charge in [-0.05, 0) is 43.5 Å². The van der Waals surface area contributed by atoms with E-state index in [0.29, 0.717) is 30.4 Å². The Morgan fingerprint density at radius 3 is 2.44 bits per heavy atom. The summed E-state index contributed by atoms with van der Waals surface area (Å²) < 4.78 is 11.5. The van der Waals surface area contributed by atoms with Crippen LogP contribution in [0.4, 0.5) is 5.69 Å². The zero-order valence-corrected chi connectivity index (χ0v) is 15.4. The van der Waals surface area contributed by atoms with Crippen molar-refractivity contribution in [3.63, 3.8) is 0 Å². The average Bonchev–Trinajstić information content (AvgIpc) is 2.59. The minimum Gasteiger partial charge on any atom is -0.493 e. The minimum absolute atomic E-state index is 0.163. The lowest BCUT2D eigenvalue weighted by Crippen LogP contribution is -2.32. The van der Waals surface area contributed by atoms with Crippen molar-refractivity contribution in [1.82, 2.24) is 0 Å². The van der Waals surface area contributed by atoms with E-state index in [-0.39, 0.29) is 5.91 Å². The number of hydrogen-bond donors (Lipinski definition) is 1. The monoisotopic (exact) mass is 341 g/mol. The third kappa shape index (κ3) is 6.14. The number of carbonyl (C=O) groups excluding carboxylic acids is 1. The van der Waals surface area contributed by atoms with Crippen molar-refractivity contribution in [3.8, 4) is 11.5 Å². The largest absolute Gasteiger partial charge is 0.493 e. The van der Waals surface area contributed by atoms with Crippen LogP contribution in [0.1, 0.15) is 32.8 Å². The van der Waals surface area contributed by atoms with Crippen molar-refractivity contribution in [3.05, 3.63) is 54.1 Å². The number of ether oxygens (including phenoxy) is 2. The molecule has 0 heterocycles. The van der Waals surface area contributed by atoms with Gasteiger partial charge in [-0.3, -0.25) is 4.79 Å². The standard InChI is InChI=1S/C21H27NO3/c1-5-20(25-18-11-9-16(4)10-12-18)21(23)22-17-7-6-8-19(13-17)24-14-15(2)3/h6-13,15,20H,5,14H2,1-4H3,(H,22,23). The molecule has 0 bridgehead atoms.